The van der Waals surface area contributed by atoms with Crippen LogP contribution < -0.4 is 10.6 Å². The van der Waals surface area contributed by atoms with E-state index in [0.29, 0.717) is 27.9 Å². The fraction of sp³-hybridized carbons (Fsp3) is 0.150. The van der Waals surface area contributed by atoms with Crippen molar-refractivity contribution in [3.05, 3.63) is 70.9 Å². The van der Waals surface area contributed by atoms with Gasteiger partial charge in [-0.25, -0.2) is 0 Å². The predicted octanol–water partition coefficient (Wildman–Crippen LogP) is 5.01. The van der Waals surface area contributed by atoms with E-state index in [0.717, 1.165) is 4.90 Å². The Balaban J connectivity index is 1.62. The maximum atomic E-state index is 12.4. The zero-order valence-electron chi connectivity index (χ0n) is 15.2. The summed E-state index contributed by atoms with van der Waals surface area (Å²) in [6.45, 7) is 3.55. The number of halogens is 1. The van der Waals surface area contributed by atoms with E-state index in [1.807, 2.05) is 18.2 Å². The summed E-state index contributed by atoms with van der Waals surface area (Å²) in [4.78, 5) is 25.5. The predicted molar refractivity (Wildman–Crippen MR) is 111 cm³/mol. The van der Waals surface area contributed by atoms with Crippen molar-refractivity contribution in [1.82, 2.24) is 5.16 Å². The zero-order valence-corrected chi connectivity index (χ0v) is 16.8. The number of nitrogens with one attached hydrogen (secondary N) is 2. The van der Waals surface area contributed by atoms with E-state index in [9.17, 15) is 9.59 Å². The van der Waals surface area contributed by atoms with Gasteiger partial charge in [0.25, 0.3) is 5.91 Å². The summed E-state index contributed by atoms with van der Waals surface area (Å²) in [7, 11) is 0. The lowest BCUT2D eigenvalue weighted by molar-refractivity contribution is -0.115. The van der Waals surface area contributed by atoms with Gasteiger partial charge in [-0.05, 0) is 50.2 Å². The van der Waals surface area contributed by atoms with Gasteiger partial charge in [-0.2, -0.15) is 0 Å². The molecule has 1 atom stereocenters. The molecular formula is C20H18ClN3O3S. The minimum absolute atomic E-state index is 0.188. The Labute approximate surface area is 171 Å². The van der Waals surface area contributed by atoms with Crippen molar-refractivity contribution >= 4 is 46.7 Å². The van der Waals surface area contributed by atoms with Crippen LogP contribution in [0.5, 0.6) is 0 Å². The fourth-order valence-electron chi connectivity index (χ4n) is 2.39. The number of carbonyl (C=O) groups excluding carboxylic acids is 2. The third-order valence-electron chi connectivity index (χ3n) is 3.74. The number of anilines is 2. The minimum Gasteiger partial charge on any atom is -0.360 e. The monoisotopic (exact) mass is 415 g/mol. The van der Waals surface area contributed by atoms with Crippen molar-refractivity contribution in [2.45, 2.75) is 24.0 Å². The fourth-order valence-corrected chi connectivity index (χ4v) is 3.51. The van der Waals surface area contributed by atoms with Crippen molar-refractivity contribution in [2.75, 3.05) is 10.6 Å². The highest BCUT2D eigenvalue weighted by Gasteiger charge is 2.16. The molecule has 0 fully saturated rings. The van der Waals surface area contributed by atoms with E-state index in [1.165, 1.54) is 11.8 Å². The van der Waals surface area contributed by atoms with Crippen molar-refractivity contribution in [1.29, 1.82) is 0 Å². The molecule has 0 spiro atoms. The Morgan fingerprint density at radius 1 is 1.11 bits per heavy atom. The number of hydrogen-bond donors (Lipinski definition) is 2. The van der Waals surface area contributed by atoms with Crippen LogP contribution in [-0.4, -0.2) is 22.2 Å². The second-order valence-corrected chi connectivity index (χ2v) is 7.92. The number of carbonyl (C=O) groups is 2. The first kappa shape index (κ1) is 20.0. The highest BCUT2D eigenvalue weighted by atomic mass is 35.5. The first-order chi connectivity index (χ1) is 13.4. The standard InChI is InChI=1S/C20H18ClN3O3S/c1-12-9-18(24-27-12)23-19(25)13(2)28-17-8-4-7-16(11-17)22-20(26)14-5-3-6-15(21)10-14/h3-11,13H,1-2H3,(H,22,26)(H,23,24,25). The minimum atomic E-state index is -0.365. The molecule has 0 aliphatic rings. The van der Waals surface area contributed by atoms with E-state index in [4.69, 9.17) is 16.1 Å². The first-order valence-electron chi connectivity index (χ1n) is 8.48. The molecule has 8 heteroatoms. The first-order valence-corrected chi connectivity index (χ1v) is 9.74. The topological polar surface area (TPSA) is 84.2 Å². The molecule has 0 aliphatic carbocycles. The number of aryl methyl sites for hydroxylation is 1. The Hall–Kier alpha value is -2.77. The summed E-state index contributed by atoms with van der Waals surface area (Å²) < 4.78 is 4.94. The molecule has 2 N–H and O–H groups in total. The van der Waals surface area contributed by atoms with E-state index in [1.54, 1.807) is 50.2 Å². The maximum Gasteiger partial charge on any atom is 0.255 e. The van der Waals surface area contributed by atoms with Gasteiger partial charge >= 0.3 is 0 Å². The van der Waals surface area contributed by atoms with Crippen molar-refractivity contribution in [2.24, 2.45) is 0 Å². The van der Waals surface area contributed by atoms with Gasteiger partial charge in [0.05, 0.1) is 5.25 Å². The van der Waals surface area contributed by atoms with Gasteiger partial charge in [-0.1, -0.05) is 28.9 Å². The van der Waals surface area contributed by atoms with Crippen LogP contribution in [0.25, 0.3) is 0 Å². The van der Waals surface area contributed by atoms with Crippen molar-refractivity contribution < 1.29 is 14.1 Å². The smallest absolute Gasteiger partial charge is 0.255 e. The van der Waals surface area contributed by atoms with Crippen LogP contribution in [0.3, 0.4) is 0 Å². The highest BCUT2D eigenvalue weighted by molar-refractivity contribution is 8.00. The number of thioether (sulfide) groups is 1. The second kappa shape index (κ2) is 8.95. The number of rotatable bonds is 6. The summed E-state index contributed by atoms with van der Waals surface area (Å²) in [5, 5.41) is 9.43. The Morgan fingerprint density at radius 3 is 2.61 bits per heavy atom. The second-order valence-electron chi connectivity index (χ2n) is 6.06. The van der Waals surface area contributed by atoms with Crippen LogP contribution in [0.4, 0.5) is 11.5 Å². The summed E-state index contributed by atoms with van der Waals surface area (Å²) >= 11 is 7.31. The van der Waals surface area contributed by atoms with E-state index in [-0.39, 0.29) is 17.1 Å². The number of benzene rings is 2. The molecule has 0 bridgehead atoms. The van der Waals surface area contributed by atoms with Crippen LogP contribution in [0, 0.1) is 6.92 Å². The maximum absolute atomic E-state index is 12.4. The Morgan fingerprint density at radius 2 is 1.89 bits per heavy atom. The van der Waals surface area contributed by atoms with Crippen LogP contribution in [0.15, 0.2) is 64.0 Å². The molecule has 1 aromatic heterocycles. The number of nitrogens with zero attached hydrogens (tertiary/aromatic N) is 1. The lowest BCUT2D eigenvalue weighted by Gasteiger charge is -2.12. The normalized spacial score (nSPS) is 11.7. The summed E-state index contributed by atoms with van der Waals surface area (Å²) in [5.74, 6) is 0.569. The molecule has 0 radical (unpaired) electrons. The number of hydrogen-bond acceptors (Lipinski definition) is 5. The summed E-state index contributed by atoms with van der Waals surface area (Å²) in [6.07, 6.45) is 0. The van der Waals surface area contributed by atoms with Gasteiger partial charge in [0, 0.05) is 27.2 Å². The van der Waals surface area contributed by atoms with E-state index >= 15 is 0 Å². The third kappa shape index (κ3) is 5.37. The quantitative estimate of drug-likeness (QED) is 0.553. The summed E-state index contributed by atoms with van der Waals surface area (Å²) in [6, 6.07) is 15.7. The molecule has 1 heterocycles. The molecule has 6 nitrogen and oxygen atoms in total. The molecule has 3 aromatic rings. The SMILES string of the molecule is Cc1cc(NC(=O)C(C)Sc2cccc(NC(=O)c3cccc(Cl)c3)c2)no1. The Kier molecular flexibility index (Phi) is 6.38. The van der Waals surface area contributed by atoms with Crippen LogP contribution in [0.1, 0.15) is 23.0 Å². The van der Waals surface area contributed by atoms with Gasteiger partial charge in [0.1, 0.15) is 5.76 Å². The molecule has 3 rings (SSSR count). The van der Waals surface area contributed by atoms with Gasteiger partial charge in [-0.15, -0.1) is 11.8 Å². The average Bonchev–Trinajstić information content (AvgIpc) is 3.06. The van der Waals surface area contributed by atoms with Gasteiger partial charge in [-0.3, -0.25) is 9.59 Å². The van der Waals surface area contributed by atoms with Gasteiger partial charge in [0.15, 0.2) is 5.82 Å². The number of amides is 2. The molecule has 0 saturated carbocycles. The molecule has 144 valence electrons. The van der Waals surface area contributed by atoms with Crippen LogP contribution >= 0.6 is 23.4 Å². The third-order valence-corrected chi connectivity index (χ3v) is 5.07. The molecule has 2 amide bonds. The van der Waals surface area contributed by atoms with Gasteiger partial charge < -0.3 is 15.2 Å². The summed E-state index contributed by atoms with van der Waals surface area (Å²) in [5.41, 5.74) is 1.11. The lowest BCUT2D eigenvalue weighted by atomic mass is 10.2. The van der Waals surface area contributed by atoms with Gasteiger partial charge in [0.2, 0.25) is 5.91 Å². The largest absolute Gasteiger partial charge is 0.360 e. The van der Waals surface area contributed by atoms with Crippen LogP contribution in [0.2, 0.25) is 5.02 Å². The van der Waals surface area contributed by atoms with E-state index < -0.39 is 0 Å². The molecule has 1 unspecified atom stereocenters. The van der Waals surface area contributed by atoms with Crippen molar-refractivity contribution in [3.8, 4) is 0 Å². The zero-order chi connectivity index (χ0) is 20.1. The molecule has 2 aromatic carbocycles. The molecule has 0 saturated heterocycles. The molecule has 0 aliphatic heterocycles. The number of aromatic nitrogens is 1. The molecular weight excluding hydrogens is 398 g/mol. The highest BCUT2D eigenvalue weighted by Crippen LogP contribution is 2.27. The van der Waals surface area contributed by atoms with E-state index in [2.05, 4.69) is 15.8 Å². The Bertz CT molecular complexity index is 1010. The molecule has 28 heavy (non-hydrogen) atoms. The van der Waals surface area contributed by atoms with Crippen LogP contribution in [-0.2, 0) is 4.79 Å². The average molecular weight is 416 g/mol. The van der Waals surface area contributed by atoms with Crippen molar-refractivity contribution in [3.63, 3.8) is 0 Å². The lowest BCUT2D eigenvalue weighted by Crippen LogP contribution is -2.22.